The molecule has 1 amide bonds. The zero-order valence-corrected chi connectivity index (χ0v) is 11.1. The Balaban J connectivity index is 2.70. The number of halogens is 1. The summed E-state index contributed by atoms with van der Waals surface area (Å²) in [7, 11) is 0. The summed E-state index contributed by atoms with van der Waals surface area (Å²) in [6.45, 7) is 1.86. The molecule has 4 nitrogen and oxygen atoms in total. The summed E-state index contributed by atoms with van der Waals surface area (Å²) in [5.41, 5.74) is 5.47. The maximum atomic E-state index is 11.7. The van der Waals surface area contributed by atoms with Crippen molar-refractivity contribution >= 4 is 44.9 Å². The van der Waals surface area contributed by atoms with Gasteiger partial charge in [0.05, 0.1) is 10.9 Å². The molecule has 0 bridgehead atoms. The molecule has 0 radical (unpaired) electrons. The summed E-state index contributed by atoms with van der Waals surface area (Å²) in [4.78, 5) is 16.0. The Hall–Kier alpha value is -1.01. The number of pyridine rings is 1. The fourth-order valence-electron chi connectivity index (χ4n) is 1.18. The fourth-order valence-corrected chi connectivity index (χ4v) is 1.69. The molecule has 0 spiro atoms. The van der Waals surface area contributed by atoms with Crippen LogP contribution in [-0.2, 0) is 4.79 Å². The van der Waals surface area contributed by atoms with E-state index in [0.29, 0.717) is 12.2 Å². The number of rotatable bonds is 4. The molecule has 0 aliphatic carbocycles. The smallest absolute Gasteiger partial charge is 0.235 e. The molecule has 1 rings (SSSR count). The lowest BCUT2D eigenvalue weighted by atomic mass is 10.1. The van der Waals surface area contributed by atoms with E-state index in [1.54, 1.807) is 18.3 Å². The molecular weight excluding hydrogens is 290 g/mol. The number of nitrogens with zero attached hydrogens (tertiary/aromatic N) is 1. The highest BCUT2D eigenvalue weighted by Crippen LogP contribution is 2.12. The van der Waals surface area contributed by atoms with Crippen LogP contribution in [0.15, 0.2) is 22.8 Å². The van der Waals surface area contributed by atoms with Gasteiger partial charge in [-0.2, -0.15) is 0 Å². The molecule has 3 N–H and O–H groups in total. The third-order valence-electron chi connectivity index (χ3n) is 2.05. The molecule has 1 heterocycles. The van der Waals surface area contributed by atoms with Gasteiger partial charge in [0.2, 0.25) is 5.91 Å². The number of aromatic nitrogens is 1. The van der Waals surface area contributed by atoms with Crippen molar-refractivity contribution in [2.75, 3.05) is 5.32 Å². The second-order valence-corrected chi connectivity index (χ2v) is 4.60. The highest BCUT2D eigenvalue weighted by Gasteiger charge is 2.19. The van der Waals surface area contributed by atoms with Gasteiger partial charge in [-0.1, -0.05) is 19.1 Å². The van der Waals surface area contributed by atoms with E-state index in [9.17, 15) is 4.79 Å². The summed E-state index contributed by atoms with van der Waals surface area (Å²) in [6, 6.07) is 3.50. The molecule has 1 aromatic heterocycles. The highest BCUT2D eigenvalue weighted by atomic mass is 79.9. The molecule has 1 aromatic rings. The first kappa shape index (κ1) is 13.1. The normalized spacial score (nSPS) is 11.9. The molecule has 0 saturated carbocycles. The molecule has 0 saturated heterocycles. The quantitative estimate of drug-likeness (QED) is 0.836. The third kappa shape index (κ3) is 3.53. The van der Waals surface area contributed by atoms with E-state index in [1.807, 2.05) is 6.92 Å². The molecule has 1 unspecified atom stereocenters. The summed E-state index contributed by atoms with van der Waals surface area (Å²) in [6.07, 6.45) is 2.19. The van der Waals surface area contributed by atoms with Gasteiger partial charge in [-0.3, -0.25) is 4.79 Å². The van der Waals surface area contributed by atoms with Gasteiger partial charge in [0.1, 0.15) is 5.82 Å². The largest absolute Gasteiger partial charge is 0.393 e. The Morgan fingerprint density at radius 3 is 2.81 bits per heavy atom. The predicted molar refractivity (Wildman–Crippen MR) is 71.1 cm³/mol. The first-order valence-electron chi connectivity index (χ1n) is 4.76. The van der Waals surface area contributed by atoms with Crippen molar-refractivity contribution in [3.05, 3.63) is 22.8 Å². The second-order valence-electron chi connectivity index (χ2n) is 3.21. The number of amides is 1. The van der Waals surface area contributed by atoms with Crippen LogP contribution in [0.5, 0.6) is 0 Å². The van der Waals surface area contributed by atoms with Crippen molar-refractivity contribution in [2.24, 2.45) is 11.7 Å². The lowest BCUT2D eigenvalue weighted by Gasteiger charge is -2.12. The Morgan fingerprint density at radius 2 is 2.38 bits per heavy atom. The zero-order valence-electron chi connectivity index (χ0n) is 8.74. The number of hydrogen-bond acceptors (Lipinski definition) is 3. The minimum atomic E-state index is -0.444. The number of nitrogens with one attached hydrogen (secondary N) is 1. The van der Waals surface area contributed by atoms with Crippen molar-refractivity contribution in [3.8, 4) is 0 Å². The monoisotopic (exact) mass is 301 g/mol. The van der Waals surface area contributed by atoms with Crippen LogP contribution in [0.3, 0.4) is 0 Å². The molecular formula is C10H12BrN3OS. The molecule has 6 heteroatoms. The molecule has 0 aliphatic rings. The van der Waals surface area contributed by atoms with E-state index >= 15 is 0 Å². The number of hydrogen-bond donors (Lipinski definition) is 2. The molecule has 0 fully saturated rings. The van der Waals surface area contributed by atoms with Crippen molar-refractivity contribution in [2.45, 2.75) is 13.3 Å². The number of carbonyl (C=O) groups excluding carboxylic acids is 1. The van der Waals surface area contributed by atoms with Gasteiger partial charge in [-0.15, -0.1) is 0 Å². The fraction of sp³-hybridized carbons (Fsp3) is 0.300. The highest BCUT2D eigenvalue weighted by molar-refractivity contribution is 9.10. The molecule has 1 atom stereocenters. The predicted octanol–water partition coefficient (Wildman–Crippen LogP) is 2.09. The van der Waals surface area contributed by atoms with Crippen molar-refractivity contribution in [1.82, 2.24) is 4.98 Å². The van der Waals surface area contributed by atoms with Gasteiger partial charge in [0.25, 0.3) is 0 Å². The van der Waals surface area contributed by atoms with E-state index in [0.717, 1.165) is 4.47 Å². The molecule has 0 aliphatic heterocycles. The van der Waals surface area contributed by atoms with E-state index in [2.05, 4.69) is 26.2 Å². The van der Waals surface area contributed by atoms with Crippen LogP contribution in [0.1, 0.15) is 13.3 Å². The SMILES string of the molecule is CCC(C(=O)Nc1ccc(Br)cn1)C(N)=S. The Labute approximate surface area is 108 Å². The summed E-state index contributed by atoms with van der Waals surface area (Å²) in [5, 5.41) is 2.66. The number of carbonyl (C=O) groups is 1. The average molecular weight is 302 g/mol. The van der Waals surface area contributed by atoms with Gasteiger partial charge < -0.3 is 11.1 Å². The lowest BCUT2D eigenvalue weighted by Crippen LogP contribution is -2.32. The van der Waals surface area contributed by atoms with E-state index in [4.69, 9.17) is 18.0 Å². The van der Waals surface area contributed by atoms with Crippen LogP contribution in [0.4, 0.5) is 5.82 Å². The summed E-state index contributed by atoms with van der Waals surface area (Å²) < 4.78 is 0.854. The van der Waals surface area contributed by atoms with Crippen molar-refractivity contribution < 1.29 is 4.79 Å². The Morgan fingerprint density at radius 1 is 1.69 bits per heavy atom. The lowest BCUT2D eigenvalue weighted by molar-refractivity contribution is -0.118. The van der Waals surface area contributed by atoms with Crippen molar-refractivity contribution in [3.63, 3.8) is 0 Å². The summed E-state index contributed by atoms with van der Waals surface area (Å²) in [5.74, 6) is -0.173. The van der Waals surface area contributed by atoms with Crippen LogP contribution in [0, 0.1) is 5.92 Å². The van der Waals surface area contributed by atoms with Crippen LogP contribution < -0.4 is 11.1 Å². The minimum Gasteiger partial charge on any atom is -0.393 e. The van der Waals surface area contributed by atoms with E-state index < -0.39 is 5.92 Å². The first-order chi connectivity index (χ1) is 7.54. The van der Waals surface area contributed by atoms with Gasteiger partial charge in [-0.05, 0) is 34.5 Å². The topological polar surface area (TPSA) is 68.0 Å². The average Bonchev–Trinajstić information content (AvgIpc) is 2.22. The standard InChI is InChI=1S/C10H12BrN3OS/c1-2-7(9(12)16)10(15)14-8-4-3-6(11)5-13-8/h3-5,7H,2H2,1H3,(H2,12,16)(H,13,14,15). The first-order valence-corrected chi connectivity index (χ1v) is 5.96. The van der Waals surface area contributed by atoms with E-state index in [-0.39, 0.29) is 10.9 Å². The van der Waals surface area contributed by atoms with E-state index in [1.165, 1.54) is 0 Å². The minimum absolute atomic E-state index is 0.206. The van der Waals surface area contributed by atoms with Gasteiger partial charge in [0.15, 0.2) is 0 Å². The second kappa shape index (κ2) is 5.91. The summed E-state index contributed by atoms with van der Waals surface area (Å²) >= 11 is 8.08. The Bertz CT molecular complexity index is 394. The zero-order chi connectivity index (χ0) is 12.1. The Kier molecular flexibility index (Phi) is 4.82. The van der Waals surface area contributed by atoms with Gasteiger partial charge in [-0.25, -0.2) is 4.98 Å². The maximum Gasteiger partial charge on any atom is 0.235 e. The van der Waals surface area contributed by atoms with Crippen LogP contribution in [0.25, 0.3) is 0 Å². The molecule has 86 valence electrons. The van der Waals surface area contributed by atoms with Gasteiger partial charge >= 0.3 is 0 Å². The molecule has 0 aromatic carbocycles. The third-order valence-corrected chi connectivity index (χ3v) is 2.80. The van der Waals surface area contributed by atoms with Crippen LogP contribution in [-0.4, -0.2) is 15.9 Å². The molecule has 16 heavy (non-hydrogen) atoms. The number of anilines is 1. The van der Waals surface area contributed by atoms with Crippen LogP contribution in [0.2, 0.25) is 0 Å². The van der Waals surface area contributed by atoms with Crippen LogP contribution >= 0.6 is 28.1 Å². The van der Waals surface area contributed by atoms with Gasteiger partial charge in [0, 0.05) is 10.7 Å². The maximum absolute atomic E-state index is 11.7. The number of nitrogens with two attached hydrogens (primary N) is 1. The number of thiocarbonyl (C=S) groups is 1. The van der Waals surface area contributed by atoms with Crippen molar-refractivity contribution in [1.29, 1.82) is 0 Å².